The van der Waals surface area contributed by atoms with Crippen LogP contribution in [0.5, 0.6) is 0 Å². The van der Waals surface area contributed by atoms with Gasteiger partial charge in [0, 0.05) is 10.0 Å². The zero-order chi connectivity index (χ0) is 8.27. The Morgan fingerprint density at radius 2 is 1.91 bits per heavy atom. The first-order chi connectivity index (χ1) is 5.24. The summed E-state index contributed by atoms with van der Waals surface area (Å²) >= 11 is 3.25. The molecule has 0 radical (unpaired) electrons. The number of benzene rings is 1. The van der Waals surface area contributed by atoms with Crippen LogP contribution in [0.4, 0.5) is 0 Å². The van der Waals surface area contributed by atoms with Gasteiger partial charge in [-0.25, -0.2) is 0 Å². The van der Waals surface area contributed by atoms with E-state index in [0.717, 1.165) is 4.47 Å². The molecule has 1 aromatic rings. The lowest BCUT2D eigenvalue weighted by atomic mass is 10.1. The van der Waals surface area contributed by atoms with E-state index in [1.54, 1.807) is 24.3 Å². The average Bonchev–Trinajstić information content (AvgIpc) is 2.05. The summed E-state index contributed by atoms with van der Waals surface area (Å²) in [5.74, 6) is 1.77. The molecule has 0 aromatic heterocycles. The molecular weight excluding hydrogens is 204 g/mol. The number of Topliss-reactive ketones (excluding diaryl/α,β-unsaturated/α-hetero) is 1. The van der Waals surface area contributed by atoms with E-state index in [4.69, 9.17) is 6.42 Å². The van der Waals surface area contributed by atoms with Crippen LogP contribution >= 0.6 is 15.9 Å². The number of halogens is 1. The molecular formula is C9H5BrO. The van der Waals surface area contributed by atoms with Gasteiger partial charge in [0.2, 0.25) is 5.78 Å². The van der Waals surface area contributed by atoms with Crippen molar-refractivity contribution in [2.75, 3.05) is 0 Å². The summed E-state index contributed by atoms with van der Waals surface area (Å²) in [5.41, 5.74) is 0.552. The minimum Gasteiger partial charge on any atom is -0.279 e. The van der Waals surface area contributed by atoms with Crippen molar-refractivity contribution in [3.05, 3.63) is 34.3 Å². The number of ketones is 1. The van der Waals surface area contributed by atoms with E-state index in [2.05, 4.69) is 15.9 Å². The maximum Gasteiger partial charge on any atom is 0.235 e. The fraction of sp³-hybridized carbons (Fsp3) is 0. The monoisotopic (exact) mass is 208 g/mol. The second kappa shape index (κ2) is 3.36. The van der Waals surface area contributed by atoms with Crippen LogP contribution in [0, 0.1) is 12.3 Å². The molecule has 0 atom stereocenters. The molecule has 0 unspecified atom stereocenters. The highest BCUT2D eigenvalue weighted by atomic mass is 79.9. The fourth-order valence-electron chi connectivity index (χ4n) is 0.685. The van der Waals surface area contributed by atoms with Crippen molar-refractivity contribution in [2.45, 2.75) is 0 Å². The van der Waals surface area contributed by atoms with Gasteiger partial charge in [-0.1, -0.05) is 15.9 Å². The molecule has 1 rings (SSSR count). The van der Waals surface area contributed by atoms with E-state index in [0.29, 0.717) is 5.56 Å². The van der Waals surface area contributed by atoms with Crippen molar-refractivity contribution < 1.29 is 4.79 Å². The number of carbonyl (C=O) groups excluding carboxylic acids is 1. The zero-order valence-electron chi connectivity index (χ0n) is 5.67. The molecule has 1 nitrogen and oxygen atoms in total. The summed E-state index contributed by atoms with van der Waals surface area (Å²) in [6.45, 7) is 0. The highest BCUT2D eigenvalue weighted by Crippen LogP contribution is 2.10. The van der Waals surface area contributed by atoms with Crippen LogP contribution in [0.15, 0.2) is 28.7 Å². The summed E-state index contributed by atoms with van der Waals surface area (Å²) in [4.78, 5) is 10.9. The Kier molecular flexibility index (Phi) is 2.45. The van der Waals surface area contributed by atoms with Crippen molar-refractivity contribution >= 4 is 21.7 Å². The van der Waals surface area contributed by atoms with E-state index < -0.39 is 0 Å². The molecule has 0 spiro atoms. The third-order valence-corrected chi connectivity index (χ3v) is 1.77. The van der Waals surface area contributed by atoms with Gasteiger partial charge in [-0.2, -0.15) is 0 Å². The molecule has 0 bridgehead atoms. The summed E-state index contributed by atoms with van der Waals surface area (Å²) in [6.07, 6.45) is 4.93. The average molecular weight is 209 g/mol. The Hall–Kier alpha value is -1.07. The van der Waals surface area contributed by atoms with Gasteiger partial charge in [0.15, 0.2) is 0 Å². The number of terminal acetylenes is 1. The fourth-order valence-corrected chi connectivity index (χ4v) is 0.949. The van der Waals surface area contributed by atoms with Gasteiger partial charge in [0.25, 0.3) is 0 Å². The number of carbonyl (C=O) groups is 1. The predicted molar refractivity (Wildman–Crippen MR) is 47.3 cm³/mol. The van der Waals surface area contributed by atoms with Crippen LogP contribution in [0.3, 0.4) is 0 Å². The SMILES string of the molecule is C#CC(=O)c1ccc(Br)cc1. The molecule has 0 aliphatic heterocycles. The van der Waals surface area contributed by atoms with E-state index in [1.807, 2.05) is 5.92 Å². The normalized spacial score (nSPS) is 8.73. The Morgan fingerprint density at radius 1 is 1.36 bits per heavy atom. The van der Waals surface area contributed by atoms with Crippen molar-refractivity contribution in [1.82, 2.24) is 0 Å². The minimum absolute atomic E-state index is 0.280. The van der Waals surface area contributed by atoms with E-state index >= 15 is 0 Å². The largest absolute Gasteiger partial charge is 0.279 e. The molecule has 2 heteroatoms. The van der Waals surface area contributed by atoms with Gasteiger partial charge < -0.3 is 0 Å². The van der Waals surface area contributed by atoms with E-state index in [9.17, 15) is 4.79 Å². The highest BCUT2D eigenvalue weighted by Gasteiger charge is 1.99. The first-order valence-corrected chi connectivity index (χ1v) is 3.80. The molecule has 54 valence electrons. The van der Waals surface area contributed by atoms with Crippen LogP contribution in [-0.4, -0.2) is 5.78 Å². The molecule has 0 N–H and O–H groups in total. The van der Waals surface area contributed by atoms with Crippen molar-refractivity contribution in [1.29, 1.82) is 0 Å². The van der Waals surface area contributed by atoms with Crippen LogP contribution in [0.1, 0.15) is 10.4 Å². The molecule has 11 heavy (non-hydrogen) atoms. The lowest BCUT2D eigenvalue weighted by Gasteiger charge is -1.92. The lowest BCUT2D eigenvalue weighted by Crippen LogP contribution is -1.92. The van der Waals surface area contributed by atoms with Crippen molar-refractivity contribution in [3.63, 3.8) is 0 Å². The quantitative estimate of drug-likeness (QED) is 0.394. The Morgan fingerprint density at radius 3 is 2.36 bits per heavy atom. The van der Waals surface area contributed by atoms with Gasteiger partial charge in [-0.05, 0) is 30.2 Å². The van der Waals surface area contributed by atoms with Gasteiger partial charge in [0.05, 0.1) is 0 Å². The standard InChI is InChI=1S/C9H5BrO/c1-2-9(11)7-3-5-8(10)6-4-7/h1,3-6H. The van der Waals surface area contributed by atoms with Gasteiger partial charge in [0.1, 0.15) is 0 Å². The Balaban J connectivity index is 3.01. The summed E-state index contributed by atoms with van der Waals surface area (Å²) in [5, 5.41) is 0. The lowest BCUT2D eigenvalue weighted by molar-refractivity contribution is 0.105. The summed E-state index contributed by atoms with van der Waals surface area (Å²) in [6, 6.07) is 6.94. The molecule has 0 amide bonds. The zero-order valence-corrected chi connectivity index (χ0v) is 7.26. The molecule has 0 aliphatic carbocycles. The first-order valence-electron chi connectivity index (χ1n) is 3.00. The van der Waals surface area contributed by atoms with Gasteiger partial charge in [-0.3, -0.25) is 4.79 Å². The number of hydrogen-bond acceptors (Lipinski definition) is 1. The van der Waals surface area contributed by atoms with Crippen LogP contribution < -0.4 is 0 Å². The van der Waals surface area contributed by atoms with E-state index in [-0.39, 0.29) is 5.78 Å². The summed E-state index contributed by atoms with van der Waals surface area (Å²) in [7, 11) is 0. The van der Waals surface area contributed by atoms with Crippen LogP contribution in [-0.2, 0) is 0 Å². The van der Waals surface area contributed by atoms with Crippen molar-refractivity contribution in [2.24, 2.45) is 0 Å². The third kappa shape index (κ3) is 1.92. The van der Waals surface area contributed by atoms with Crippen LogP contribution in [0.25, 0.3) is 0 Å². The second-order valence-corrected chi connectivity index (χ2v) is 2.90. The third-order valence-electron chi connectivity index (χ3n) is 1.24. The molecule has 0 fully saturated rings. The maximum atomic E-state index is 10.9. The topological polar surface area (TPSA) is 17.1 Å². The Labute approximate surface area is 73.6 Å². The molecule has 0 saturated carbocycles. The molecule has 1 aromatic carbocycles. The van der Waals surface area contributed by atoms with Crippen molar-refractivity contribution in [3.8, 4) is 12.3 Å². The smallest absolute Gasteiger partial charge is 0.235 e. The highest BCUT2D eigenvalue weighted by molar-refractivity contribution is 9.10. The maximum absolute atomic E-state index is 10.9. The summed E-state index contributed by atoms with van der Waals surface area (Å²) < 4.78 is 0.936. The molecule has 0 aliphatic rings. The molecule has 0 heterocycles. The Bertz CT molecular complexity index is 305. The second-order valence-electron chi connectivity index (χ2n) is 1.98. The first kappa shape index (κ1) is 8.03. The van der Waals surface area contributed by atoms with Crippen LogP contribution in [0.2, 0.25) is 0 Å². The predicted octanol–water partition coefficient (Wildman–Crippen LogP) is 2.27. The minimum atomic E-state index is -0.280. The molecule has 0 saturated heterocycles. The number of hydrogen-bond donors (Lipinski definition) is 0. The van der Waals surface area contributed by atoms with Gasteiger partial charge >= 0.3 is 0 Å². The number of rotatable bonds is 1. The van der Waals surface area contributed by atoms with Gasteiger partial charge in [-0.15, -0.1) is 6.42 Å². The van der Waals surface area contributed by atoms with E-state index in [1.165, 1.54) is 0 Å².